The Kier molecular flexibility index (Phi) is 8.30. The van der Waals surface area contributed by atoms with E-state index in [1.165, 1.54) is 10.9 Å². The molecule has 4 aromatic heterocycles. The van der Waals surface area contributed by atoms with Crippen LogP contribution in [0, 0.1) is 0 Å². The molecule has 10 atom stereocenters. The van der Waals surface area contributed by atoms with Gasteiger partial charge in [-0.15, -0.1) is 5.10 Å². The fraction of sp³-hybridized carbons (Fsp3) is 0.526. The minimum atomic E-state index is -5.13. The van der Waals surface area contributed by atoms with Crippen LogP contribution in [0.15, 0.2) is 23.8 Å². The van der Waals surface area contributed by atoms with Crippen molar-refractivity contribution in [3.63, 3.8) is 0 Å². The van der Waals surface area contributed by atoms with Crippen molar-refractivity contribution in [2.75, 3.05) is 18.9 Å². The van der Waals surface area contributed by atoms with Crippen LogP contribution in [0.5, 0.6) is 0 Å². The van der Waals surface area contributed by atoms with Gasteiger partial charge in [-0.3, -0.25) is 27.5 Å². The first-order valence-corrected chi connectivity index (χ1v) is 15.3. The van der Waals surface area contributed by atoms with E-state index in [9.17, 15) is 39.0 Å². The van der Waals surface area contributed by atoms with Crippen LogP contribution in [-0.2, 0) is 32.2 Å². The number of H-pyrrole nitrogens is 1. The van der Waals surface area contributed by atoms with E-state index in [2.05, 4.69) is 35.3 Å². The van der Waals surface area contributed by atoms with Gasteiger partial charge in [0.25, 0.3) is 5.56 Å². The monoisotopic (exact) mass is 662 g/mol. The summed E-state index contributed by atoms with van der Waals surface area (Å²) in [5.41, 5.74) is 5.18. The van der Waals surface area contributed by atoms with Gasteiger partial charge < -0.3 is 44.8 Å². The van der Waals surface area contributed by atoms with Crippen molar-refractivity contribution in [2.24, 2.45) is 0 Å². The maximum atomic E-state index is 13.1. The van der Waals surface area contributed by atoms with E-state index in [1.54, 1.807) is 0 Å². The molecule has 25 heteroatoms. The first-order chi connectivity index (χ1) is 21.0. The van der Waals surface area contributed by atoms with Crippen molar-refractivity contribution >= 4 is 44.2 Å². The summed E-state index contributed by atoms with van der Waals surface area (Å²) >= 11 is 0. The summed E-state index contributed by atoms with van der Waals surface area (Å²) in [5.74, 6) is 0.0291. The number of phosphoric acid groups is 1. The molecule has 2 fully saturated rings. The molecule has 0 radical (unpaired) electrons. The van der Waals surface area contributed by atoms with E-state index in [1.807, 2.05) is 0 Å². The zero-order valence-electron chi connectivity index (χ0n) is 21.9. The van der Waals surface area contributed by atoms with Gasteiger partial charge in [-0.1, -0.05) is 5.21 Å². The molecule has 2 saturated heterocycles. The maximum absolute atomic E-state index is 13.1. The summed E-state index contributed by atoms with van der Waals surface area (Å²) in [4.78, 5) is 47.9. The van der Waals surface area contributed by atoms with Gasteiger partial charge in [0.2, 0.25) is 0 Å². The third-order valence-corrected chi connectivity index (χ3v) is 8.37. The number of rotatable bonds is 10. The van der Waals surface area contributed by atoms with Crippen LogP contribution in [0.1, 0.15) is 12.5 Å². The number of ether oxygens (including phenoxy) is 2. The highest BCUT2D eigenvalue weighted by atomic mass is 31.2. The molecule has 44 heavy (non-hydrogen) atoms. The molecule has 0 spiro atoms. The zero-order chi connectivity index (χ0) is 31.3. The fourth-order valence-corrected chi connectivity index (χ4v) is 6.39. The predicted molar refractivity (Wildman–Crippen MR) is 139 cm³/mol. The second-order valence-electron chi connectivity index (χ2n) is 9.52. The number of imidazole rings is 2. The van der Waals surface area contributed by atoms with E-state index in [4.69, 9.17) is 28.8 Å². The quantitative estimate of drug-likeness (QED) is 0.0818. The molecule has 0 aliphatic carbocycles. The molecule has 0 bridgehead atoms. The molecule has 2 unspecified atom stereocenters. The number of phosphoric ester groups is 1. The molecule has 6 heterocycles. The highest BCUT2D eigenvalue weighted by molar-refractivity contribution is 7.47. The van der Waals surface area contributed by atoms with Crippen LogP contribution in [0.2, 0.25) is 0 Å². The Bertz CT molecular complexity index is 1800. The second kappa shape index (κ2) is 11.9. The first kappa shape index (κ1) is 30.7. The Morgan fingerprint density at radius 2 is 1.73 bits per heavy atom. The average Bonchev–Trinajstić information content (AvgIpc) is 3.74. The number of nitrogens with two attached hydrogens (primary N) is 1. The summed E-state index contributed by atoms with van der Waals surface area (Å²) in [6.07, 6.45) is -8.58. The molecule has 0 aromatic carbocycles. The lowest BCUT2D eigenvalue weighted by Gasteiger charge is -2.25. The molecule has 2 aliphatic heterocycles. The third-order valence-electron chi connectivity index (χ3n) is 6.91. The average molecular weight is 662 g/mol. The normalized spacial score (nSPS) is 31.1. The molecule has 6 rings (SSSR count). The summed E-state index contributed by atoms with van der Waals surface area (Å²) in [5, 5.41) is 40.6. The molecule has 23 nitrogen and oxygen atoms in total. The van der Waals surface area contributed by atoms with E-state index < -0.39 is 83.9 Å². The maximum Gasteiger partial charge on any atom is 0.472 e. The highest BCUT2D eigenvalue weighted by Gasteiger charge is 2.51. The number of nitrogen functional groups attached to an aromatic ring is 1. The summed E-state index contributed by atoms with van der Waals surface area (Å²) in [6.45, 7) is -1.54. The number of nitrogens with zero attached hydrogens (tertiary/aromatic N) is 8. The van der Waals surface area contributed by atoms with Gasteiger partial charge >= 0.3 is 16.1 Å². The molecule has 4 aromatic rings. The number of aliphatic hydroxyl groups is 3. The second-order valence-corrected chi connectivity index (χ2v) is 11.7. The molecular formula is C19H24N10O13P2. The summed E-state index contributed by atoms with van der Waals surface area (Å²) in [6, 6.07) is 0. The smallest absolute Gasteiger partial charge is 0.394 e. The minimum Gasteiger partial charge on any atom is -0.394 e. The van der Waals surface area contributed by atoms with Gasteiger partial charge in [-0.2, -0.15) is 0 Å². The molecule has 0 saturated carbocycles. The highest BCUT2D eigenvalue weighted by Crippen LogP contribution is 2.50. The fourth-order valence-electron chi connectivity index (χ4n) is 4.93. The molecule has 8 N–H and O–H groups in total. The predicted octanol–water partition coefficient (Wildman–Crippen LogP) is -3.28. The minimum absolute atomic E-state index is 0.0291. The Morgan fingerprint density at radius 1 is 1.02 bits per heavy atom. The lowest BCUT2D eigenvalue weighted by atomic mass is 10.1. The number of fused-ring (bicyclic) bond motifs is 2. The Hall–Kier alpha value is -3.31. The standard InChI is InChI=1S/C19H24N10O13P2/c20-14-8-15(22-3-21-14)28(4-23-8)19-13(10(31)6(1-30)39-19)42-44(36,37)38-2-7-12(41-43(34)35)11(32)18(40-7)29-5-24-9-16(29)25-27-26-17(9)33/h3-7,10-13,18-19,30-32,43H,1-2H2,(H,34,35)(H,36,37)(H2,20,21,22)(H,25,26,33)/t6-,7-,10-,11-,12-,13-,18-,19-/m1/s1. The van der Waals surface area contributed by atoms with Gasteiger partial charge in [0.15, 0.2) is 35.1 Å². The topological polar surface area (TPSA) is 328 Å². The number of hydrogen-bond acceptors (Lipinski definition) is 18. The number of aliphatic hydroxyl groups excluding tert-OH is 3. The lowest BCUT2D eigenvalue weighted by Crippen LogP contribution is -2.36. The summed E-state index contributed by atoms with van der Waals surface area (Å²) in [7, 11) is -8.81. The van der Waals surface area contributed by atoms with Crippen molar-refractivity contribution in [2.45, 2.75) is 49.1 Å². The van der Waals surface area contributed by atoms with Crippen molar-refractivity contribution in [3.8, 4) is 0 Å². The first-order valence-electron chi connectivity index (χ1n) is 12.5. The Labute approximate surface area is 243 Å². The van der Waals surface area contributed by atoms with Gasteiger partial charge in [-0.05, 0) is 0 Å². The van der Waals surface area contributed by atoms with Crippen LogP contribution in [0.3, 0.4) is 0 Å². The number of aromatic amines is 1. The number of nitrogens with one attached hydrogen (secondary N) is 1. The number of hydrogen-bond donors (Lipinski definition) is 7. The van der Waals surface area contributed by atoms with Gasteiger partial charge in [-0.25, -0.2) is 29.6 Å². The van der Waals surface area contributed by atoms with E-state index >= 15 is 0 Å². The van der Waals surface area contributed by atoms with Gasteiger partial charge in [0, 0.05) is 0 Å². The zero-order valence-corrected chi connectivity index (χ0v) is 23.8. The SMILES string of the molecule is Nc1ncnc2c1ncn2[C@@H]1O[C@H](CO)[C@@H](O)[C@H]1OP(=O)(O)OC[C@H]1O[C@@H](n2cnc3c(=O)[nH]nnc32)[C@H](O)[C@@H]1O[PH](=O)O. The molecule has 0 amide bonds. The Morgan fingerprint density at radius 3 is 2.45 bits per heavy atom. The van der Waals surface area contributed by atoms with Crippen LogP contribution in [-0.4, -0.2) is 119 Å². The van der Waals surface area contributed by atoms with E-state index in [0.29, 0.717) is 0 Å². The third kappa shape index (κ3) is 5.53. The summed E-state index contributed by atoms with van der Waals surface area (Å²) < 4.78 is 53.7. The number of anilines is 1. The number of aromatic nitrogens is 9. The van der Waals surface area contributed by atoms with Crippen molar-refractivity contribution < 1.29 is 57.3 Å². The van der Waals surface area contributed by atoms with Gasteiger partial charge in [0.1, 0.15) is 48.5 Å². The van der Waals surface area contributed by atoms with E-state index in [-0.39, 0.29) is 28.1 Å². The molecule has 238 valence electrons. The van der Waals surface area contributed by atoms with Crippen LogP contribution >= 0.6 is 16.1 Å². The van der Waals surface area contributed by atoms with Crippen molar-refractivity contribution in [1.82, 2.24) is 44.5 Å². The molecular weight excluding hydrogens is 638 g/mol. The van der Waals surface area contributed by atoms with Gasteiger partial charge in [0.05, 0.1) is 25.9 Å². The van der Waals surface area contributed by atoms with Crippen LogP contribution in [0.25, 0.3) is 22.3 Å². The Balaban J connectivity index is 1.22. The lowest BCUT2D eigenvalue weighted by molar-refractivity contribution is -0.0609. The van der Waals surface area contributed by atoms with Crippen molar-refractivity contribution in [3.05, 3.63) is 29.3 Å². The van der Waals surface area contributed by atoms with Crippen LogP contribution in [0.4, 0.5) is 5.82 Å². The van der Waals surface area contributed by atoms with Crippen molar-refractivity contribution in [1.29, 1.82) is 0 Å². The largest absolute Gasteiger partial charge is 0.472 e. The molecule has 2 aliphatic rings. The van der Waals surface area contributed by atoms with E-state index in [0.717, 1.165) is 17.2 Å². The van der Waals surface area contributed by atoms with Crippen LogP contribution < -0.4 is 11.3 Å².